The molecule has 0 amide bonds. The molecule has 0 fully saturated rings. The van der Waals surface area contributed by atoms with E-state index in [1.807, 2.05) is 0 Å². The van der Waals surface area contributed by atoms with Gasteiger partial charge in [-0.15, -0.1) is 15.3 Å². The van der Waals surface area contributed by atoms with Gasteiger partial charge in [0.2, 0.25) is 5.65 Å². The minimum atomic E-state index is -0.713. The number of rotatable bonds is 2. The summed E-state index contributed by atoms with van der Waals surface area (Å²) in [6.45, 7) is 0. The molecule has 2 heterocycles. The van der Waals surface area contributed by atoms with Crippen LogP contribution in [0.25, 0.3) is 21.5 Å². The van der Waals surface area contributed by atoms with Crippen LogP contribution in [0, 0.1) is 10.1 Å². The van der Waals surface area contributed by atoms with Crippen LogP contribution < -0.4 is 0 Å². The quantitative estimate of drug-likeness (QED) is 0.249. The second-order valence-electron chi connectivity index (χ2n) is 2.33. The Morgan fingerprint density at radius 2 is 2.33 bits per heavy atom. The van der Waals surface area contributed by atoms with Gasteiger partial charge in [-0.2, -0.15) is 0 Å². The van der Waals surface area contributed by atoms with E-state index in [9.17, 15) is 10.1 Å². The molecule has 74 valence electrons. The number of H-pyrrole nitrogens is 1. The lowest BCUT2D eigenvalue weighted by Gasteiger charge is -1.91. The third-order valence-electron chi connectivity index (χ3n) is 1.55. The lowest BCUT2D eigenvalue weighted by Crippen LogP contribution is -1.90. The lowest BCUT2D eigenvalue weighted by atomic mass is 10.4. The highest BCUT2D eigenvalue weighted by atomic mass is 16.6. The minimum Gasteiger partial charge on any atom is -0.358 e. The predicted octanol–water partition coefficient (Wildman–Crippen LogP) is 0.598. The van der Waals surface area contributed by atoms with Crippen LogP contribution in [0.5, 0.6) is 0 Å². The maximum absolute atomic E-state index is 10.6. The van der Waals surface area contributed by atoms with Crippen molar-refractivity contribution in [3.05, 3.63) is 20.6 Å². The van der Waals surface area contributed by atoms with Gasteiger partial charge >= 0.3 is 5.82 Å². The van der Waals surface area contributed by atoms with E-state index in [2.05, 4.69) is 35.6 Å². The second-order valence-corrected chi connectivity index (χ2v) is 2.33. The largest absolute Gasteiger partial charge is 0.358 e. The van der Waals surface area contributed by atoms with Crippen LogP contribution in [-0.4, -0.2) is 30.5 Å². The number of aromatic nitrogens is 5. The summed E-state index contributed by atoms with van der Waals surface area (Å²) in [6.07, 6.45) is 0. The number of hydrogen-bond donors (Lipinski definition) is 1. The Labute approximate surface area is 79.9 Å². The molecule has 0 atom stereocenters. The highest BCUT2D eigenvalue weighted by Gasteiger charge is 2.20. The van der Waals surface area contributed by atoms with Crippen molar-refractivity contribution in [1.29, 1.82) is 0 Å². The zero-order valence-electron chi connectivity index (χ0n) is 6.89. The summed E-state index contributed by atoms with van der Waals surface area (Å²) in [5, 5.41) is 29.3. The molecule has 0 unspecified atom stereocenters. The molecular formula is C4HN9O2. The average Bonchev–Trinajstić information content (AvgIpc) is 2.62. The molecule has 11 nitrogen and oxygen atoms in total. The summed E-state index contributed by atoms with van der Waals surface area (Å²) >= 11 is 0. The first-order valence-corrected chi connectivity index (χ1v) is 3.51. The van der Waals surface area contributed by atoms with E-state index in [-0.39, 0.29) is 16.9 Å². The van der Waals surface area contributed by atoms with Crippen molar-refractivity contribution in [3.63, 3.8) is 0 Å². The van der Waals surface area contributed by atoms with Crippen LogP contribution in [0.3, 0.4) is 0 Å². The summed E-state index contributed by atoms with van der Waals surface area (Å²) in [7, 11) is 0. The Hall–Kier alpha value is -2.81. The van der Waals surface area contributed by atoms with Gasteiger partial charge in [-0.3, -0.25) is 0 Å². The van der Waals surface area contributed by atoms with Crippen LogP contribution in [0.4, 0.5) is 11.6 Å². The summed E-state index contributed by atoms with van der Waals surface area (Å²) < 4.78 is 0. The molecule has 0 radical (unpaired) electrons. The number of fused-ring (bicyclic) bond motifs is 1. The molecule has 0 aromatic carbocycles. The third kappa shape index (κ3) is 1.28. The van der Waals surface area contributed by atoms with Crippen LogP contribution in [-0.2, 0) is 0 Å². The van der Waals surface area contributed by atoms with E-state index in [4.69, 9.17) is 5.53 Å². The SMILES string of the molecule is [N-]=[N+]=Nc1nnnc2n[nH]c([N+](=O)[O-])c12. The smallest absolute Gasteiger partial charge is 0.354 e. The van der Waals surface area contributed by atoms with Crippen LogP contribution in [0.2, 0.25) is 0 Å². The standard InChI is InChI=1S/C4HN9O2/c5-11-7-3-1-2(8-12-9-3)6-10-4(1)13(14)15/h(H,6,8,9,10). The first kappa shape index (κ1) is 8.77. The predicted molar refractivity (Wildman–Crippen MR) is 44.9 cm³/mol. The Morgan fingerprint density at radius 1 is 1.53 bits per heavy atom. The van der Waals surface area contributed by atoms with Gasteiger partial charge in [0, 0.05) is 4.91 Å². The summed E-state index contributed by atoms with van der Waals surface area (Å²) in [5.41, 5.74) is 8.19. The maximum atomic E-state index is 10.6. The van der Waals surface area contributed by atoms with Crippen LogP contribution in [0.1, 0.15) is 0 Å². The van der Waals surface area contributed by atoms with Gasteiger partial charge in [-0.25, -0.2) is 0 Å². The van der Waals surface area contributed by atoms with Crippen molar-refractivity contribution in [2.24, 2.45) is 5.11 Å². The number of nitrogens with one attached hydrogen (secondary N) is 1. The molecule has 0 spiro atoms. The highest BCUT2D eigenvalue weighted by Crippen LogP contribution is 2.27. The number of nitro groups is 1. The zero-order chi connectivity index (χ0) is 10.8. The van der Waals surface area contributed by atoms with Crippen LogP contribution in [0.15, 0.2) is 5.11 Å². The molecule has 2 aromatic heterocycles. The van der Waals surface area contributed by atoms with E-state index in [0.717, 1.165) is 0 Å². The molecule has 0 aliphatic heterocycles. The van der Waals surface area contributed by atoms with Gasteiger partial charge in [-0.1, -0.05) is 5.10 Å². The molecule has 0 saturated heterocycles. The fourth-order valence-electron chi connectivity index (χ4n) is 1.00. The molecule has 11 heteroatoms. The topological polar surface area (TPSA) is 159 Å². The van der Waals surface area contributed by atoms with Gasteiger partial charge < -0.3 is 10.1 Å². The first-order chi connectivity index (χ1) is 7.24. The van der Waals surface area contributed by atoms with Gasteiger partial charge in [0.15, 0.2) is 11.2 Å². The molecule has 0 bridgehead atoms. The Balaban J connectivity index is 2.86. The van der Waals surface area contributed by atoms with E-state index < -0.39 is 10.7 Å². The monoisotopic (exact) mass is 207 g/mol. The molecular weight excluding hydrogens is 206 g/mol. The number of aromatic amines is 1. The van der Waals surface area contributed by atoms with Crippen molar-refractivity contribution < 1.29 is 4.92 Å². The summed E-state index contributed by atoms with van der Waals surface area (Å²) in [4.78, 5) is 12.3. The van der Waals surface area contributed by atoms with E-state index in [0.29, 0.717) is 0 Å². The van der Waals surface area contributed by atoms with Crippen molar-refractivity contribution in [1.82, 2.24) is 25.6 Å². The molecule has 2 aromatic rings. The fourth-order valence-corrected chi connectivity index (χ4v) is 1.00. The molecule has 0 aliphatic carbocycles. The molecule has 1 N–H and O–H groups in total. The van der Waals surface area contributed by atoms with Gasteiger partial charge in [-0.05, 0) is 20.8 Å². The Morgan fingerprint density at radius 3 is 3.00 bits per heavy atom. The highest BCUT2D eigenvalue weighted by molar-refractivity contribution is 5.91. The Bertz CT molecular complexity index is 581. The maximum Gasteiger partial charge on any atom is 0.354 e. The van der Waals surface area contributed by atoms with E-state index in [1.54, 1.807) is 0 Å². The van der Waals surface area contributed by atoms with Gasteiger partial charge in [0.1, 0.15) is 0 Å². The molecule has 15 heavy (non-hydrogen) atoms. The number of hydrogen-bond acceptors (Lipinski definition) is 7. The Kier molecular flexibility index (Phi) is 1.85. The zero-order valence-corrected chi connectivity index (χ0v) is 6.89. The third-order valence-corrected chi connectivity index (χ3v) is 1.55. The van der Waals surface area contributed by atoms with Crippen molar-refractivity contribution in [3.8, 4) is 0 Å². The number of nitrogens with zero attached hydrogens (tertiary/aromatic N) is 8. The second kappa shape index (κ2) is 3.16. The minimum absolute atomic E-state index is 0.0286. The average molecular weight is 207 g/mol. The number of azide groups is 1. The van der Waals surface area contributed by atoms with Gasteiger partial charge in [0.05, 0.1) is 0 Å². The molecule has 0 saturated carbocycles. The summed E-state index contributed by atoms with van der Waals surface area (Å²) in [5.74, 6) is -0.669. The van der Waals surface area contributed by atoms with E-state index >= 15 is 0 Å². The fraction of sp³-hybridized carbons (Fsp3) is 0. The van der Waals surface area contributed by atoms with Gasteiger partial charge in [0.25, 0.3) is 0 Å². The van der Waals surface area contributed by atoms with Crippen molar-refractivity contribution in [2.75, 3.05) is 0 Å². The molecule has 0 aliphatic rings. The van der Waals surface area contributed by atoms with Crippen molar-refractivity contribution in [2.45, 2.75) is 0 Å². The van der Waals surface area contributed by atoms with Crippen molar-refractivity contribution >= 4 is 22.7 Å². The summed E-state index contributed by atoms with van der Waals surface area (Å²) in [6, 6.07) is 0. The first-order valence-electron chi connectivity index (χ1n) is 3.51. The normalized spacial score (nSPS) is 9.87. The molecule has 2 rings (SSSR count). The lowest BCUT2D eigenvalue weighted by molar-refractivity contribution is -0.387. The van der Waals surface area contributed by atoms with E-state index in [1.165, 1.54) is 0 Å². The van der Waals surface area contributed by atoms with Crippen LogP contribution >= 0.6 is 0 Å².